The topological polar surface area (TPSA) is 24.9 Å². The Labute approximate surface area is 125 Å². The summed E-state index contributed by atoms with van der Waals surface area (Å²) in [6.45, 7) is 18.6. The Bertz CT molecular complexity index is 479. The van der Waals surface area contributed by atoms with E-state index in [9.17, 15) is 0 Å². The summed E-state index contributed by atoms with van der Waals surface area (Å²) in [5, 5.41) is 3.51. The first-order valence-electron chi connectivity index (χ1n) is 7.40. The van der Waals surface area contributed by atoms with E-state index < -0.39 is 0 Å². The number of hydrogen-bond acceptors (Lipinski definition) is 2. The van der Waals surface area contributed by atoms with Crippen molar-refractivity contribution in [3.63, 3.8) is 0 Å². The molecular weight excluding hydrogens is 243 g/mol. The molecule has 2 nitrogen and oxygen atoms in total. The van der Waals surface area contributed by atoms with Crippen LogP contribution in [0, 0.1) is 10.8 Å². The average Bonchev–Trinajstić information content (AvgIpc) is 2.28. The molecule has 1 rings (SSSR count). The molecule has 0 saturated carbocycles. The fourth-order valence-corrected chi connectivity index (χ4v) is 1.98. The fourth-order valence-electron chi connectivity index (χ4n) is 1.98. The minimum Gasteiger partial charge on any atom is -0.384 e. The molecule has 0 fully saturated rings. The van der Waals surface area contributed by atoms with E-state index in [-0.39, 0.29) is 5.41 Å². The Morgan fingerprint density at radius 2 is 1.80 bits per heavy atom. The van der Waals surface area contributed by atoms with Gasteiger partial charge in [0.25, 0.3) is 0 Å². The van der Waals surface area contributed by atoms with Gasteiger partial charge >= 0.3 is 0 Å². The van der Waals surface area contributed by atoms with Gasteiger partial charge in [0.15, 0.2) is 0 Å². The number of nitrogens with zero attached hydrogens (tertiary/aromatic N) is 1. The molecule has 0 aliphatic heterocycles. The maximum absolute atomic E-state index is 4.37. The largest absolute Gasteiger partial charge is 0.384 e. The lowest BCUT2D eigenvalue weighted by atomic mass is 9.78. The molecule has 110 valence electrons. The van der Waals surface area contributed by atoms with E-state index in [0.29, 0.717) is 5.41 Å². The van der Waals surface area contributed by atoms with Crippen LogP contribution in [-0.4, -0.2) is 19.4 Å². The lowest BCUT2D eigenvalue weighted by Gasteiger charge is -2.25. The molecule has 0 saturated heterocycles. The van der Waals surface area contributed by atoms with Crippen LogP contribution in [0.3, 0.4) is 0 Å². The lowest BCUT2D eigenvalue weighted by Crippen LogP contribution is -2.22. The molecule has 0 aliphatic rings. The second-order valence-electron chi connectivity index (χ2n) is 7.83. The molecular formula is C17H29BN2. The Hall–Kier alpha value is -1.25. The van der Waals surface area contributed by atoms with E-state index in [4.69, 9.17) is 0 Å². The van der Waals surface area contributed by atoms with E-state index in [1.165, 1.54) is 11.0 Å². The summed E-state index contributed by atoms with van der Waals surface area (Å²) in [6, 6.07) is 0. The summed E-state index contributed by atoms with van der Waals surface area (Å²) in [4.78, 5) is 4.37. The zero-order valence-electron chi connectivity index (χ0n) is 14.2. The summed E-state index contributed by atoms with van der Waals surface area (Å²) >= 11 is 0. The second-order valence-corrected chi connectivity index (χ2v) is 7.83. The summed E-state index contributed by atoms with van der Waals surface area (Å²) in [5.74, 6) is 0. The van der Waals surface area contributed by atoms with Gasteiger partial charge in [0.1, 0.15) is 7.85 Å². The minimum absolute atomic E-state index is 0.0659. The zero-order chi connectivity index (χ0) is 15.6. The summed E-state index contributed by atoms with van der Waals surface area (Å²) in [7, 11) is 2.15. The first-order chi connectivity index (χ1) is 9.02. The number of hydrogen-bond donors (Lipinski definition) is 1. The van der Waals surface area contributed by atoms with Crippen molar-refractivity contribution in [1.29, 1.82) is 0 Å². The van der Waals surface area contributed by atoms with Crippen molar-refractivity contribution < 1.29 is 0 Å². The standard InChI is InChI=1S/C17H29BN2/c1-12(17(5,6)7)13-10-19-11-14(15(13)18)20-9-8-16(2,3)4/h10-11,20H,1,8-9,18H2,2-7H3. The highest BCUT2D eigenvalue weighted by atomic mass is 14.9. The van der Waals surface area contributed by atoms with Crippen LogP contribution in [0.4, 0.5) is 5.69 Å². The molecule has 0 spiro atoms. The fraction of sp³-hybridized carbons (Fsp3) is 0.588. The van der Waals surface area contributed by atoms with Crippen LogP contribution in [0.2, 0.25) is 0 Å². The smallest absolute Gasteiger partial charge is 0.142 e. The molecule has 0 radical (unpaired) electrons. The molecule has 0 atom stereocenters. The van der Waals surface area contributed by atoms with Gasteiger partial charge in [-0.15, -0.1) is 0 Å². The van der Waals surface area contributed by atoms with Gasteiger partial charge in [-0.25, -0.2) is 0 Å². The zero-order valence-corrected chi connectivity index (χ0v) is 14.2. The van der Waals surface area contributed by atoms with E-state index in [1.54, 1.807) is 0 Å². The van der Waals surface area contributed by atoms with E-state index in [2.05, 4.69) is 66.3 Å². The van der Waals surface area contributed by atoms with Crippen molar-refractivity contribution in [2.24, 2.45) is 10.8 Å². The number of aromatic nitrogens is 1. The minimum atomic E-state index is 0.0659. The molecule has 0 unspecified atom stereocenters. The Morgan fingerprint density at radius 1 is 1.20 bits per heavy atom. The molecule has 1 aromatic rings. The average molecular weight is 272 g/mol. The highest BCUT2D eigenvalue weighted by Crippen LogP contribution is 2.31. The quantitative estimate of drug-likeness (QED) is 0.851. The third-order valence-electron chi connectivity index (χ3n) is 3.64. The van der Waals surface area contributed by atoms with Gasteiger partial charge in [0.05, 0.1) is 0 Å². The number of allylic oxidation sites excluding steroid dienone is 1. The third-order valence-corrected chi connectivity index (χ3v) is 3.64. The molecule has 1 aromatic heterocycles. The monoisotopic (exact) mass is 272 g/mol. The molecule has 0 amide bonds. The van der Waals surface area contributed by atoms with E-state index in [1.807, 2.05) is 12.4 Å². The van der Waals surface area contributed by atoms with Crippen LogP contribution in [0.1, 0.15) is 53.5 Å². The van der Waals surface area contributed by atoms with Crippen molar-refractivity contribution in [2.75, 3.05) is 11.9 Å². The Balaban J connectivity index is 2.88. The highest BCUT2D eigenvalue weighted by Gasteiger charge is 2.19. The maximum Gasteiger partial charge on any atom is 0.142 e. The van der Waals surface area contributed by atoms with Crippen molar-refractivity contribution >= 4 is 24.6 Å². The van der Waals surface area contributed by atoms with Gasteiger partial charge in [-0.05, 0) is 28.4 Å². The van der Waals surface area contributed by atoms with Crippen LogP contribution < -0.4 is 10.8 Å². The van der Waals surface area contributed by atoms with Crippen LogP contribution in [0.25, 0.3) is 5.57 Å². The van der Waals surface area contributed by atoms with Crippen molar-refractivity contribution in [3.05, 3.63) is 24.5 Å². The Kier molecular flexibility index (Phi) is 5.07. The molecule has 3 heteroatoms. The summed E-state index contributed by atoms with van der Waals surface area (Å²) < 4.78 is 0. The molecule has 0 bridgehead atoms. The number of rotatable bonds is 4. The first kappa shape index (κ1) is 16.8. The van der Waals surface area contributed by atoms with E-state index in [0.717, 1.165) is 24.2 Å². The van der Waals surface area contributed by atoms with Gasteiger partial charge < -0.3 is 5.32 Å². The Morgan fingerprint density at radius 3 is 2.30 bits per heavy atom. The lowest BCUT2D eigenvalue weighted by molar-refractivity contribution is 0.390. The maximum atomic E-state index is 4.37. The normalized spacial score (nSPS) is 12.3. The number of anilines is 1. The molecule has 1 heterocycles. The number of nitrogens with one attached hydrogen (secondary N) is 1. The predicted molar refractivity (Wildman–Crippen MR) is 93.5 cm³/mol. The van der Waals surface area contributed by atoms with Crippen molar-refractivity contribution in [3.8, 4) is 0 Å². The summed E-state index contributed by atoms with van der Waals surface area (Å²) in [6.07, 6.45) is 4.98. The second kappa shape index (κ2) is 6.03. The van der Waals surface area contributed by atoms with Crippen molar-refractivity contribution in [1.82, 2.24) is 4.98 Å². The van der Waals surface area contributed by atoms with Crippen LogP contribution >= 0.6 is 0 Å². The number of pyridine rings is 1. The third kappa shape index (κ3) is 4.70. The molecule has 20 heavy (non-hydrogen) atoms. The summed E-state index contributed by atoms with van der Waals surface area (Å²) in [5.41, 5.74) is 5.09. The van der Waals surface area contributed by atoms with Gasteiger partial charge in [-0.1, -0.05) is 53.6 Å². The predicted octanol–water partition coefficient (Wildman–Crippen LogP) is 3.25. The molecule has 0 aromatic carbocycles. The highest BCUT2D eigenvalue weighted by molar-refractivity contribution is 6.38. The van der Waals surface area contributed by atoms with Crippen LogP contribution in [0.15, 0.2) is 19.0 Å². The van der Waals surface area contributed by atoms with Gasteiger partial charge in [0.2, 0.25) is 0 Å². The van der Waals surface area contributed by atoms with Gasteiger partial charge in [-0.2, -0.15) is 0 Å². The molecule has 1 N–H and O–H groups in total. The van der Waals surface area contributed by atoms with E-state index >= 15 is 0 Å². The van der Waals surface area contributed by atoms with Crippen molar-refractivity contribution in [2.45, 2.75) is 48.0 Å². The van der Waals surface area contributed by atoms with Gasteiger partial charge in [-0.3, -0.25) is 4.98 Å². The van der Waals surface area contributed by atoms with Crippen LogP contribution in [0.5, 0.6) is 0 Å². The first-order valence-corrected chi connectivity index (χ1v) is 7.40. The SMILES string of the molecule is Bc1c(NCCC(C)(C)C)cncc1C(=C)C(C)(C)C. The molecule has 0 aliphatic carbocycles. The van der Waals surface area contributed by atoms with Gasteiger partial charge in [0, 0.05) is 24.6 Å². The van der Waals surface area contributed by atoms with Crippen LogP contribution in [-0.2, 0) is 0 Å².